The highest BCUT2D eigenvalue weighted by Crippen LogP contribution is 2.29. The smallest absolute Gasteiger partial charge is 0.211 e. The second kappa shape index (κ2) is 6.54. The van der Waals surface area contributed by atoms with Crippen molar-refractivity contribution < 1.29 is 16.8 Å². The van der Waals surface area contributed by atoms with Crippen LogP contribution in [0.3, 0.4) is 0 Å². The monoisotopic (exact) mass is 311 g/mol. The molecule has 0 spiro atoms. The van der Waals surface area contributed by atoms with E-state index >= 15 is 0 Å². The maximum absolute atomic E-state index is 11.9. The van der Waals surface area contributed by atoms with Crippen LogP contribution >= 0.6 is 0 Å². The van der Waals surface area contributed by atoms with Crippen LogP contribution in [0.5, 0.6) is 0 Å². The van der Waals surface area contributed by atoms with E-state index in [2.05, 4.69) is 18.6 Å². The third kappa shape index (κ3) is 6.23. The Kier molecular flexibility index (Phi) is 5.82. The normalized spacial score (nSPS) is 29.3. The van der Waals surface area contributed by atoms with Crippen LogP contribution < -0.4 is 4.72 Å². The zero-order chi connectivity index (χ0) is 14.7. The lowest BCUT2D eigenvalue weighted by molar-refractivity contribution is 0.227. The van der Waals surface area contributed by atoms with Gasteiger partial charge < -0.3 is 0 Å². The fourth-order valence-electron chi connectivity index (χ4n) is 2.55. The second-order valence-corrected chi connectivity index (χ2v) is 9.93. The lowest BCUT2D eigenvalue weighted by atomic mass is 9.78. The molecule has 0 aromatic heterocycles. The van der Waals surface area contributed by atoms with E-state index in [9.17, 15) is 16.8 Å². The van der Waals surface area contributed by atoms with Crippen molar-refractivity contribution in [1.82, 2.24) is 4.72 Å². The molecule has 1 aliphatic rings. The predicted molar refractivity (Wildman–Crippen MR) is 77.2 cm³/mol. The highest BCUT2D eigenvalue weighted by Gasteiger charge is 2.29. The molecule has 19 heavy (non-hydrogen) atoms. The van der Waals surface area contributed by atoms with Crippen LogP contribution in [0.4, 0.5) is 0 Å². The molecule has 1 rings (SSSR count). The summed E-state index contributed by atoms with van der Waals surface area (Å²) < 4.78 is 48.6. The number of sulfone groups is 1. The van der Waals surface area contributed by atoms with Crippen molar-refractivity contribution in [1.29, 1.82) is 0 Å². The topological polar surface area (TPSA) is 80.3 Å². The van der Waals surface area contributed by atoms with Gasteiger partial charge in [0.25, 0.3) is 0 Å². The highest BCUT2D eigenvalue weighted by atomic mass is 32.2. The van der Waals surface area contributed by atoms with Crippen molar-refractivity contribution in [3.63, 3.8) is 0 Å². The Morgan fingerprint density at radius 2 is 1.68 bits per heavy atom. The molecule has 5 nitrogen and oxygen atoms in total. The van der Waals surface area contributed by atoms with Gasteiger partial charge in [0.15, 0.2) is 0 Å². The number of sulfonamides is 1. The first-order valence-electron chi connectivity index (χ1n) is 6.78. The average Bonchev–Trinajstić information content (AvgIpc) is 2.22. The first-order chi connectivity index (χ1) is 8.61. The Labute approximate surface area is 117 Å². The van der Waals surface area contributed by atoms with Crippen LogP contribution in [0.25, 0.3) is 0 Å². The number of rotatable bonds is 6. The standard InChI is InChI=1S/C12H25NO4S2/c1-10-6-4-7-12(11(10)2)13-19(16,17)9-5-8-18(3,14)15/h10-13H,4-9H2,1-3H3/t10-,11+,12-/m1/s1. The van der Waals surface area contributed by atoms with Gasteiger partial charge in [0.1, 0.15) is 9.84 Å². The fraction of sp³-hybridized carbons (Fsp3) is 1.00. The van der Waals surface area contributed by atoms with Crippen molar-refractivity contribution in [2.45, 2.75) is 45.6 Å². The maximum Gasteiger partial charge on any atom is 0.211 e. The molecule has 114 valence electrons. The molecule has 0 amide bonds. The Morgan fingerprint density at radius 1 is 1.05 bits per heavy atom. The summed E-state index contributed by atoms with van der Waals surface area (Å²) >= 11 is 0. The number of hydrogen-bond donors (Lipinski definition) is 1. The van der Waals surface area contributed by atoms with E-state index in [-0.39, 0.29) is 24.0 Å². The summed E-state index contributed by atoms with van der Waals surface area (Å²) in [5.74, 6) is 0.665. The summed E-state index contributed by atoms with van der Waals surface area (Å²) in [6.45, 7) is 4.22. The molecule has 7 heteroatoms. The highest BCUT2D eigenvalue weighted by molar-refractivity contribution is 7.91. The molecule has 1 N–H and O–H groups in total. The zero-order valence-corrected chi connectivity index (χ0v) is 13.6. The van der Waals surface area contributed by atoms with Crippen LogP contribution in [-0.4, -0.2) is 40.6 Å². The van der Waals surface area contributed by atoms with E-state index in [0.717, 1.165) is 25.5 Å². The van der Waals surface area contributed by atoms with E-state index in [1.807, 2.05) is 0 Å². The van der Waals surface area contributed by atoms with Gasteiger partial charge in [-0.15, -0.1) is 0 Å². The molecule has 1 fully saturated rings. The Balaban J connectivity index is 2.50. The van der Waals surface area contributed by atoms with Gasteiger partial charge in [-0.3, -0.25) is 0 Å². The number of nitrogens with one attached hydrogen (secondary N) is 1. The van der Waals surface area contributed by atoms with Gasteiger partial charge in [0.05, 0.1) is 11.5 Å². The van der Waals surface area contributed by atoms with E-state index in [1.165, 1.54) is 0 Å². The minimum Gasteiger partial charge on any atom is -0.229 e. The molecule has 1 saturated carbocycles. The van der Waals surface area contributed by atoms with E-state index in [1.54, 1.807) is 0 Å². The van der Waals surface area contributed by atoms with Crippen molar-refractivity contribution in [2.75, 3.05) is 17.8 Å². The molecule has 0 saturated heterocycles. The maximum atomic E-state index is 11.9. The van der Waals surface area contributed by atoms with Crippen LogP contribution in [0.1, 0.15) is 39.5 Å². The summed E-state index contributed by atoms with van der Waals surface area (Å²) in [6.07, 6.45) is 4.34. The quantitative estimate of drug-likeness (QED) is 0.798. The third-order valence-electron chi connectivity index (χ3n) is 3.97. The molecule has 0 aromatic carbocycles. The molecule has 0 aromatic rings. The van der Waals surface area contributed by atoms with Crippen LogP contribution in [0, 0.1) is 11.8 Å². The van der Waals surface area contributed by atoms with E-state index < -0.39 is 19.9 Å². The summed E-state index contributed by atoms with van der Waals surface area (Å²) in [7, 11) is -6.47. The van der Waals surface area contributed by atoms with Gasteiger partial charge in [-0.05, 0) is 24.7 Å². The summed E-state index contributed by atoms with van der Waals surface area (Å²) in [6, 6.07) is -0.00742. The van der Waals surface area contributed by atoms with E-state index in [0.29, 0.717) is 11.8 Å². The van der Waals surface area contributed by atoms with Gasteiger partial charge in [-0.25, -0.2) is 21.6 Å². The molecule has 0 radical (unpaired) electrons. The first kappa shape index (κ1) is 16.9. The Hall–Kier alpha value is -0.140. The van der Waals surface area contributed by atoms with Gasteiger partial charge in [0, 0.05) is 12.3 Å². The van der Waals surface area contributed by atoms with Gasteiger partial charge in [-0.1, -0.05) is 26.7 Å². The zero-order valence-electron chi connectivity index (χ0n) is 11.9. The summed E-state index contributed by atoms with van der Waals surface area (Å²) in [4.78, 5) is 0. The lowest BCUT2D eigenvalue weighted by Gasteiger charge is -2.34. The molecule has 0 heterocycles. The summed E-state index contributed by atoms with van der Waals surface area (Å²) in [5.41, 5.74) is 0. The molecule has 1 aliphatic carbocycles. The van der Waals surface area contributed by atoms with E-state index in [4.69, 9.17) is 0 Å². The number of hydrogen-bond acceptors (Lipinski definition) is 4. The molecule has 0 bridgehead atoms. The van der Waals surface area contributed by atoms with Crippen molar-refractivity contribution in [2.24, 2.45) is 11.8 Å². The molecular weight excluding hydrogens is 286 g/mol. The minimum absolute atomic E-state index is 0.00742. The van der Waals surface area contributed by atoms with Crippen molar-refractivity contribution in [3.05, 3.63) is 0 Å². The van der Waals surface area contributed by atoms with Crippen LogP contribution in [0.2, 0.25) is 0 Å². The SMILES string of the molecule is C[C@H]1[C@H](C)CCC[C@H]1NS(=O)(=O)CCCS(C)(=O)=O. The second-order valence-electron chi connectivity index (χ2n) is 5.79. The first-order valence-corrected chi connectivity index (χ1v) is 10.5. The average molecular weight is 311 g/mol. The Bertz CT molecular complexity index is 484. The predicted octanol–water partition coefficient (Wildman–Crippen LogP) is 1.17. The van der Waals surface area contributed by atoms with Gasteiger partial charge in [0.2, 0.25) is 10.0 Å². The van der Waals surface area contributed by atoms with Crippen molar-refractivity contribution in [3.8, 4) is 0 Å². The summed E-state index contributed by atoms with van der Waals surface area (Å²) in [5, 5.41) is 0. The molecule has 0 unspecified atom stereocenters. The largest absolute Gasteiger partial charge is 0.229 e. The fourth-order valence-corrected chi connectivity index (χ4v) is 4.84. The lowest BCUT2D eigenvalue weighted by Crippen LogP contribution is -2.44. The minimum atomic E-state index is -3.37. The Morgan fingerprint density at radius 3 is 2.26 bits per heavy atom. The van der Waals surface area contributed by atoms with Gasteiger partial charge in [-0.2, -0.15) is 0 Å². The van der Waals surface area contributed by atoms with Crippen molar-refractivity contribution >= 4 is 19.9 Å². The molecular formula is C12H25NO4S2. The van der Waals surface area contributed by atoms with Crippen LogP contribution in [-0.2, 0) is 19.9 Å². The molecule has 3 atom stereocenters. The third-order valence-corrected chi connectivity index (χ3v) is 6.48. The molecule has 0 aliphatic heterocycles. The van der Waals surface area contributed by atoms with Crippen LogP contribution in [0.15, 0.2) is 0 Å². The van der Waals surface area contributed by atoms with Gasteiger partial charge >= 0.3 is 0 Å².